The van der Waals surface area contributed by atoms with Gasteiger partial charge in [0.1, 0.15) is 5.82 Å². The van der Waals surface area contributed by atoms with Crippen LogP contribution in [0.2, 0.25) is 0 Å². The minimum absolute atomic E-state index is 0.666. The zero-order valence-corrected chi connectivity index (χ0v) is 8.16. The van der Waals surface area contributed by atoms with Gasteiger partial charge in [-0.1, -0.05) is 0 Å². The van der Waals surface area contributed by atoms with Crippen molar-refractivity contribution in [2.75, 3.05) is 31.1 Å². The van der Waals surface area contributed by atoms with Crippen molar-refractivity contribution in [2.45, 2.75) is 18.8 Å². The lowest BCUT2D eigenvalue weighted by Crippen LogP contribution is -2.44. The van der Waals surface area contributed by atoms with Gasteiger partial charge >= 0.3 is 0 Å². The largest absolute Gasteiger partial charge is 0.337 e. The van der Waals surface area contributed by atoms with E-state index in [1.54, 1.807) is 0 Å². The van der Waals surface area contributed by atoms with Crippen molar-refractivity contribution in [3.8, 4) is 0 Å². The van der Waals surface area contributed by atoms with Crippen LogP contribution in [0, 0.1) is 0 Å². The number of hydrogen-bond donors (Lipinski definition) is 2. The normalized spacial score (nSPS) is 22.7. The van der Waals surface area contributed by atoms with E-state index in [-0.39, 0.29) is 0 Å². The summed E-state index contributed by atoms with van der Waals surface area (Å²) in [4.78, 5) is 6.76. The molecule has 2 aliphatic rings. The summed E-state index contributed by atoms with van der Waals surface area (Å²) in [6.45, 7) is 4.10. The number of nitrogens with one attached hydrogen (secondary N) is 2. The Morgan fingerprint density at radius 3 is 2.71 bits per heavy atom. The van der Waals surface area contributed by atoms with Gasteiger partial charge in [-0.2, -0.15) is 4.98 Å². The monoisotopic (exact) mass is 193 g/mol. The Bertz CT molecular complexity index is 311. The number of rotatable bonds is 2. The van der Waals surface area contributed by atoms with Crippen molar-refractivity contribution in [3.05, 3.63) is 5.82 Å². The Labute approximate surface area is 82.9 Å². The molecule has 14 heavy (non-hydrogen) atoms. The summed E-state index contributed by atoms with van der Waals surface area (Å²) in [5.74, 6) is 2.63. The van der Waals surface area contributed by atoms with E-state index in [1.165, 1.54) is 12.8 Å². The molecule has 0 radical (unpaired) electrons. The Morgan fingerprint density at radius 1 is 1.21 bits per heavy atom. The second kappa shape index (κ2) is 3.24. The van der Waals surface area contributed by atoms with E-state index in [9.17, 15) is 0 Å². The van der Waals surface area contributed by atoms with Gasteiger partial charge in [0.2, 0.25) is 5.95 Å². The number of piperazine rings is 1. The highest BCUT2D eigenvalue weighted by molar-refractivity contribution is 5.30. The quantitative estimate of drug-likeness (QED) is 0.699. The first-order chi connectivity index (χ1) is 6.93. The third-order valence-electron chi connectivity index (χ3n) is 2.85. The summed E-state index contributed by atoms with van der Waals surface area (Å²) in [7, 11) is 0. The van der Waals surface area contributed by atoms with Gasteiger partial charge in [-0.25, -0.2) is 0 Å². The Morgan fingerprint density at radius 2 is 2.00 bits per heavy atom. The van der Waals surface area contributed by atoms with E-state index in [0.717, 1.165) is 38.0 Å². The van der Waals surface area contributed by atoms with E-state index >= 15 is 0 Å². The first-order valence-electron chi connectivity index (χ1n) is 5.31. The molecule has 2 heterocycles. The van der Waals surface area contributed by atoms with Crippen LogP contribution in [0.3, 0.4) is 0 Å². The number of hydrogen-bond acceptors (Lipinski definition) is 4. The van der Waals surface area contributed by atoms with Gasteiger partial charge in [-0.3, -0.25) is 5.10 Å². The molecule has 1 aromatic rings. The van der Waals surface area contributed by atoms with Crippen molar-refractivity contribution in [1.29, 1.82) is 0 Å². The number of aromatic amines is 1. The molecule has 0 spiro atoms. The molecule has 5 nitrogen and oxygen atoms in total. The highest BCUT2D eigenvalue weighted by Crippen LogP contribution is 2.38. The number of nitrogens with zero attached hydrogens (tertiary/aromatic N) is 3. The maximum Gasteiger partial charge on any atom is 0.244 e. The van der Waals surface area contributed by atoms with Gasteiger partial charge < -0.3 is 10.2 Å². The molecule has 1 aliphatic heterocycles. The van der Waals surface area contributed by atoms with Gasteiger partial charge in [-0.05, 0) is 12.8 Å². The highest BCUT2D eigenvalue weighted by atomic mass is 15.4. The molecule has 0 bridgehead atoms. The number of H-pyrrole nitrogens is 1. The SMILES string of the molecule is C1CN(c2n[nH]c(C3CC3)n2)CCN1. The van der Waals surface area contributed by atoms with Crippen LogP contribution in [-0.2, 0) is 0 Å². The Hall–Kier alpha value is -1.10. The fraction of sp³-hybridized carbons (Fsp3) is 0.778. The first kappa shape index (κ1) is 8.23. The van der Waals surface area contributed by atoms with Crippen molar-refractivity contribution in [2.24, 2.45) is 0 Å². The van der Waals surface area contributed by atoms with Gasteiger partial charge in [0, 0.05) is 32.1 Å². The van der Waals surface area contributed by atoms with E-state index in [1.807, 2.05) is 0 Å². The van der Waals surface area contributed by atoms with Crippen molar-refractivity contribution in [1.82, 2.24) is 20.5 Å². The highest BCUT2D eigenvalue weighted by Gasteiger charge is 2.28. The van der Waals surface area contributed by atoms with E-state index in [4.69, 9.17) is 0 Å². The summed E-state index contributed by atoms with van der Waals surface area (Å²) in [5, 5.41) is 10.6. The zero-order valence-electron chi connectivity index (χ0n) is 8.16. The maximum atomic E-state index is 4.53. The maximum absolute atomic E-state index is 4.53. The van der Waals surface area contributed by atoms with Crippen molar-refractivity contribution < 1.29 is 0 Å². The van der Waals surface area contributed by atoms with Crippen LogP contribution in [0.5, 0.6) is 0 Å². The number of aromatic nitrogens is 3. The standard InChI is InChI=1S/C9H15N5/c1-2-7(1)8-11-9(13-12-8)14-5-3-10-4-6-14/h7,10H,1-6H2,(H,11,12,13). The van der Waals surface area contributed by atoms with E-state index < -0.39 is 0 Å². The van der Waals surface area contributed by atoms with Gasteiger partial charge in [0.15, 0.2) is 0 Å². The van der Waals surface area contributed by atoms with Crippen LogP contribution in [-0.4, -0.2) is 41.4 Å². The molecular formula is C9H15N5. The fourth-order valence-corrected chi connectivity index (χ4v) is 1.81. The van der Waals surface area contributed by atoms with Crippen LogP contribution in [0.4, 0.5) is 5.95 Å². The predicted molar refractivity (Wildman–Crippen MR) is 53.4 cm³/mol. The molecule has 2 fully saturated rings. The van der Waals surface area contributed by atoms with Gasteiger partial charge in [0.25, 0.3) is 0 Å². The smallest absolute Gasteiger partial charge is 0.244 e. The van der Waals surface area contributed by atoms with Gasteiger partial charge in [-0.15, -0.1) is 5.10 Å². The molecule has 5 heteroatoms. The molecule has 1 saturated carbocycles. The molecule has 3 rings (SSSR count). The van der Waals surface area contributed by atoms with Gasteiger partial charge in [0.05, 0.1) is 0 Å². The molecule has 1 aliphatic carbocycles. The third-order valence-corrected chi connectivity index (χ3v) is 2.85. The molecule has 0 aromatic carbocycles. The summed E-state index contributed by atoms with van der Waals surface area (Å²) in [6, 6.07) is 0. The lowest BCUT2D eigenvalue weighted by atomic mass is 10.4. The molecule has 2 N–H and O–H groups in total. The van der Waals surface area contributed by atoms with Crippen LogP contribution in [0.1, 0.15) is 24.6 Å². The minimum atomic E-state index is 0.666. The molecule has 1 aromatic heterocycles. The topological polar surface area (TPSA) is 56.8 Å². The molecule has 0 atom stereocenters. The third kappa shape index (κ3) is 1.48. The molecule has 1 saturated heterocycles. The van der Waals surface area contributed by atoms with E-state index in [2.05, 4.69) is 25.4 Å². The minimum Gasteiger partial charge on any atom is -0.337 e. The average Bonchev–Trinajstić information content (AvgIpc) is 2.98. The van der Waals surface area contributed by atoms with Crippen molar-refractivity contribution in [3.63, 3.8) is 0 Å². The average molecular weight is 193 g/mol. The Kier molecular flexibility index (Phi) is 1.90. The summed E-state index contributed by atoms with van der Waals surface area (Å²) >= 11 is 0. The summed E-state index contributed by atoms with van der Waals surface area (Å²) < 4.78 is 0. The molecular weight excluding hydrogens is 178 g/mol. The zero-order chi connectivity index (χ0) is 9.38. The van der Waals surface area contributed by atoms with Crippen LogP contribution in [0.15, 0.2) is 0 Å². The second-order valence-corrected chi connectivity index (χ2v) is 4.03. The lowest BCUT2D eigenvalue weighted by Gasteiger charge is -2.25. The van der Waals surface area contributed by atoms with Crippen LogP contribution < -0.4 is 10.2 Å². The van der Waals surface area contributed by atoms with Crippen molar-refractivity contribution >= 4 is 5.95 Å². The number of anilines is 1. The predicted octanol–water partition coefficient (Wildman–Crippen LogP) is 0.0917. The van der Waals surface area contributed by atoms with Crippen LogP contribution in [0.25, 0.3) is 0 Å². The molecule has 0 amide bonds. The van der Waals surface area contributed by atoms with Crippen LogP contribution >= 0.6 is 0 Å². The molecule has 76 valence electrons. The summed E-state index contributed by atoms with van der Waals surface area (Å²) in [5.41, 5.74) is 0. The van der Waals surface area contributed by atoms with E-state index in [0.29, 0.717) is 5.92 Å². The Balaban J connectivity index is 1.74. The lowest BCUT2D eigenvalue weighted by molar-refractivity contribution is 0.580. The second-order valence-electron chi connectivity index (χ2n) is 4.03. The first-order valence-corrected chi connectivity index (χ1v) is 5.31. The summed E-state index contributed by atoms with van der Waals surface area (Å²) in [6.07, 6.45) is 2.55. The molecule has 0 unspecified atom stereocenters. The fourth-order valence-electron chi connectivity index (χ4n) is 1.81.